The molecule has 26 heavy (non-hydrogen) atoms. The molecule has 0 bridgehead atoms. The smallest absolute Gasteiger partial charge is 0.0531 e. The number of hydrogen-bond donors (Lipinski definition) is 4. The summed E-state index contributed by atoms with van der Waals surface area (Å²) in [4.78, 5) is 0. The SMILES string of the molecule is OCC1CCCCC1(CO)c1ccc(C2(CO)CCCCC2CO)cc1. The zero-order valence-electron chi connectivity index (χ0n) is 15.7. The third-order valence-corrected chi connectivity index (χ3v) is 7.45. The van der Waals surface area contributed by atoms with Crippen molar-refractivity contribution in [1.29, 1.82) is 0 Å². The van der Waals surface area contributed by atoms with Crippen LogP contribution in [-0.2, 0) is 10.8 Å². The lowest BCUT2D eigenvalue weighted by molar-refractivity contribution is 0.0521. The Balaban J connectivity index is 1.94. The molecule has 0 amide bonds. The molecule has 0 aliphatic heterocycles. The van der Waals surface area contributed by atoms with E-state index >= 15 is 0 Å². The summed E-state index contributed by atoms with van der Waals surface area (Å²) in [6.45, 7) is 0.328. The molecular formula is C22H34O4. The average Bonchev–Trinajstić information content (AvgIpc) is 2.73. The van der Waals surface area contributed by atoms with Gasteiger partial charge in [0.05, 0.1) is 13.2 Å². The molecule has 0 radical (unpaired) electrons. The van der Waals surface area contributed by atoms with Crippen molar-refractivity contribution in [1.82, 2.24) is 0 Å². The normalized spacial score (nSPS) is 35.4. The maximum Gasteiger partial charge on any atom is 0.0531 e. The van der Waals surface area contributed by atoms with Gasteiger partial charge < -0.3 is 20.4 Å². The maximum atomic E-state index is 10.2. The maximum absolute atomic E-state index is 10.2. The monoisotopic (exact) mass is 362 g/mol. The fourth-order valence-corrected chi connectivity index (χ4v) is 5.65. The fourth-order valence-electron chi connectivity index (χ4n) is 5.65. The molecule has 4 heteroatoms. The first-order valence-electron chi connectivity index (χ1n) is 10.2. The van der Waals surface area contributed by atoms with Crippen molar-refractivity contribution in [2.24, 2.45) is 11.8 Å². The second kappa shape index (κ2) is 8.39. The van der Waals surface area contributed by atoms with Gasteiger partial charge in [-0.2, -0.15) is 0 Å². The van der Waals surface area contributed by atoms with Gasteiger partial charge in [0.15, 0.2) is 0 Å². The molecule has 4 atom stereocenters. The topological polar surface area (TPSA) is 80.9 Å². The van der Waals surface area contributed by atoms with Crippen molar-refractivity contribution in [2.75, 3.05) is 26.4 Å². The van der Waals surface area contributed by atoms with Crippen molar-refractivity contribution in [2.45, 2.75) is 62.2 Å². The third-order valence-electron chi connectivity index (χ3n) is 7.45. The second-order valence-electron chi connectivity index (χ2n) is 8.46. The van der Waals surface area contributed by atoms with Crippen molar-refractivity contribution in [3.8, 4) is 0 Å². The number of aliphatic hydroxyl groups excluding tert-OH is 4. The van der Waals surface area contributed by atoms with Gasteiger partial charge in [0.1, 0.15) is 0 Å². The van der Waals surface area contributed by atoms with Crippen LogP contribution in [0.15, 0.2) is 24.3 Å². The highest BCUT2D eigenvalue weighted by atomic mass is 16.3. The molecule has 0 saturated heterocycles. The van der Waals surface area contributed by atoms with Gasteiger partial charge >= 0.3 is 0 Å². The van der Waals surface area contributed by atoms with Gasteiger partial charge in [-0.25, -0.2) is 0 Å². The largest absolute Gasteiger partial charge is 0.396 e. The van der Waals surface area contributed by atoms with Gasteiger partial charge in [0.2, 0.25) is 0 Å². The molecule has 0 heterocycles. The standard InChI is InChI=1S/C22H34O4/c23-13-19-5-1-3-11-21(19,15-25)17-7-9-18(10-8-17)22(16-26)12-4-2-6-20(22)14-24/h7-10,19-20,23-26H,1-6,11-16H2. The van der Waals surface area contributed by atoms with Crippen molar-refractivity contribution < 1.29 is 20.4 Å². The molecule has 0 spiro atoms. The van der Waals surface area contributed by atoms with E-state index in [1.165, 1.54) is 0 Å². The number of hydrogen-bond acceptors (Lipinski definition) is 4. The number of rotatable bonds is 6. The van der Waals surface area contributed by atoms with E-state index in [4.69, 9.17) is 0 Å². The first-order chi connectivity index (χ1) is 12.7. The molecule has 4 N–H and O–H groups in total. The van der Waals surface area contributed by atoms with Crippen LogP contribution >= 0.6 is 0 Å². The molecule has 0 aromatic heterocycles. The summed E-state index contributed by atoms with van der Waals surface area (Å²) in [6.07, 6.45) is 8.07. The molecule has 4 nitrogen and oxygen atoms in total. The van der Waals surface area contributed by atoms with Crippen LogP contribution < -0.4 is 0 Å². The lowest BCUT2D eigenvalue weighted by atomic mass is 9.61. The van der Waals surface area contributed by atoms with Crippen molar-refractivity contribution in [3.05, 3.63) is 35.4 Å². The lowest BCUT2D eigenvalue weighted by Gasteiger charge is -2.44. The van der Waals surface area contributed by atoms with Gasteiger partial charge in [-0.15, -0.1) is 0 Å². The highest BCUT2D eigenvalue weighted by Gasteiger charge is 2.43. The summed E-state index contributed by atoms with van der Waals surface area (Å²) in [7, 11) is 0. The molecule has 4 unspecified atom stereocenters. The van der Waals surface area contributed by atoms with Gasteiger partial charge in [-0.1, -0.05) is 49.9 Å². The molecule has 2 aliphatic rings. The molecular weight excluding hydrogens is 328 g/mol. The van der Waals surface area contributed by atoms with Crippen molar-refractivity contribution in [3.63, 3.8) is 0 Å². The van der Waals surface area contributed by atoms with Crippen LogP contribution in [0.2, 0.25) is 0 Å². The Kier molecular flexibility index (Phi) is 6.39. The van der Waals surface area contributed by atoms with E-state index in [1.807, 2.05) is 0 Å². The van der Waals surface area contributed by atoms with Crippen LogP contribution in [0, 0.1) is 11.8 Å². The summed E-state index contributed by atoms with van der Waals surface area (Å²) >= 11 is 0. The predicted molar refractivity (Wildman–Crippen MR) is 102 cm³/mol. The Morgan fingerprint density at radius 3 is 1.35 bits per heavy atom. The second-order valence-corrected chi connectivity index (χ2v) is 8.46. The van der Waals surface area contributed by atoms with Gasteiger partial charge in [0.25, 0.3) is 0 Å². The molecule has 146 valence electrons. The summed E-state index contributed by atoms with van der Waals surface area (Å²) in [5.41, 5.74) is 1.46. The predicted octanol–water partition coefficient (Wildman–Crippen LogP) is 2.51. The van der Waals surface area contributed by atoms with E-state index in [0.29, 0.717) is 0 Å². The zero-order chi connectivity index (χ0) is 18.6. The fraction of sp³-hybridized carbons (Fsp3) is 0.727. The summed E-state index contributed by atoms with van der Waals surface area (Å²) in [6, 6.07) is 8.33. The summed E-state index contributed by atoms with van der Waals surface area (Å²) in [5.74, 6) is 0.192. The minimum absolute atomic E-state index is 0.0575. The first kappa shape index (κ1) is 19.8. The van der Waals surface area contributed by atoms with Crippen LogP contribution in [0.4, 0.5) is 0 Å². The minimum Gasteiger partial charge on any atom is -0.396 e. The molecule has 2 fully saturated rings. The minimum atomic E-state index is -0.360. The highest BCUT2D eigenvalue weighted by Crippen LogP contribution is 2.46. The van der Waals surface area contributed by atoms with E-state index in [2.05, 4.69) is 24.3 Å². The van der Waals surface area contributed by atoms with Crippen molar-refractivity contribution >= 4 is 0 Å². The number of benzene rings is 1. The van der Waals surface area contributed by atoms with Crippen LogP contribution in [0.3, 0.4) is 0 Å². The van der Waals surface area contributed by atoms with E-state index in [9.17, 15) is 20.4 Å². The van der Waals surface area contributed by atoms with E-state index in [1.54, 1.807) is 0 Å². The Hall–Kier alpha value is -0.940. The van der Waals surface area contributed by atoms with Crippen LogP contribution in [0.25, 0.3) is 0 Å². The average molecular weight is 363 g/mol. The third kappa shape index (κ3) is 3.22. The molecule has 3 rings (SSSR count). The quantitative estimate of drug-likeness (QED) is 0.627. The molecule has 1 aromatic carbocycles. The van der Waals surface area contributed by atoms with Gasteiger partial charge in [-0.05, 0) is 48.6 Å². The Bertz CT molecular complexity index is 521. The summed E-state index contributed by atoms with van der Waals surface area (Å²) in [5, 5.41) is 40.1. The lowest BCUT2D eigenvalue weighted by Crippen LogP contribution is -2.44. The van der Waals surface area contributed by atoms with E-state index in [0.717, 1.165) is 62.5 Å². The van der Waals surface area contributed by atoms with E-state index < -0.39 is 0 Å². The molecule has 2 saturated carbocycles. The molecule has 2 aliphatic carbocycles. The van der Waals surface area contributed by atoms with Crippen LogP contribution in [-0.4, -0.2) is 46.9 Å². The number of aliphatic hydroxyl groups is 4. The van der Waals surface area contributed by atoms with Gasteiger partial charge in [0, 0.05) is 24.0 Å². The van der Waals surface area contributed by atoms with Crippen LogP contribution in [0.1, 0.15) is 62.5 Å². The highest BCUT2D eigenvalue weighted by molar-refractivity contribution is 5.35. The first-order valence-corrected chi connectivity index (χ1v) is 10.2. The van der Waals surface area contributed by atoms with E-state index in [-0.39, 0.29) is 49.1 Å². The van der Waals surface area contributed by atoms with Gasteiger partial charge in [-0.3, -0.25) is 0 Å². The Morgan fingerprint density at radius 1 is 0.654 bits per heavy atom. The Labute approximate surface area is 156 Å². The Morgan fingerprint density at radius 2 is 1.04 bits per heavy atom. The summed E-state index contributed by atoms with van der Waals surface area (Å²) < 4.78 is 0. The van der Waals surface area contributed by atoms with Crippen LogP contribution in [0.5, 0.6) is 0 Å². The zero-order valence-corrected chi connectivity index (χ0v) is 15.7. The molecule has 1 aromatic rings.